The first kappa shape index (κ1) is 11.2. The molecular formula is C13H17BrO. The van der Waals surface area contributed by atoms with Gasteiger partial charge in [0, 0.05) is 0 Å². The van der Waals surface area contributed by atoms with Gasteiger partial charge in [-0.1, -0.05) is 54.0 Å². The monoisotopic (exact) mass is 268 g/mol. The van der Waals surface area contributed by atoms with Gasteiger partial charge in [-0.3, -0.25) is 0 Å². The lowest BCUT2D eigenvalue weighted by molar-refractivity contribution is -0.00699. The van der Waals surface area contributed by atoms with Gasteiger partial charge in [0.2, 0.25) is 0 Å². The molecule has 1 fully saturated rings. The van der Waals surface area contributed by atoms with Gasteiger partial charge in [-0.25, -0.2) is 0 Å². The number of alkyl halides is 1. The Morgan fingerprint density at radius 3 is 2.27 bits per heavy atom. The molecule has 2 heteroatoms. The third kappa shape index (κ3) is 2.43. The summed E-state index contributed by atoms with van der Waals surface area (Å²) in [5.74, 6) is 0.723. The van der Waals surface area contributed by atoms with Crippen molar-refractivity contribution in [1.29, 1.82) is 0 Å². The summed E-state index contributed by atoms with van der Waals surface area (Å²) in [7, 11) is 0. The van der Waals surface area contributed by atoms with Gasteiger partial charge in [0.05, 0.1) is 17.5 Å². The summed E-state index contributed by atoms with van der Waals surface area (Å²) >= 11 is 3.73. The van der Waals surface area contributed by atoms with Crippen LogP contribution in [0.5, 0.6) is 0 Å². The molecule has 1 nitrogen and oxygen atoms in total. The van der Waals surface area contributed by atoms with Crippen molar-refractivity contribution in [2.24, 2.45) is 5.92 Å². The number of benzene rings is 1. The highest BCUT2D eigenvalue weighted by Crippen LogP contribution is 2.38. The molecule has 0 radical (unpaired) electrons. The van der Waals surface area contributed by atoms with Gasteiger partial charge < -0.3 is 4.74 Å². The Balaban J connectivity index is 2.10. The van der Waals surface area contributed by atoms with Crippen LogP contribution in [0.15, 0.2) is 24.3 Å². The number of rotatable bonds is 3. The maximum atomic E-state index is 5.24. The maximum absolute atomic E-state index is 5.24. The number of hydrogen-bond acceptors (Lipinski definition) is 1. The fraction of sp³-hybridized carbons (Fsp3) is 0.538. The average molecular weight is 269 g/mol. The van der Waals surface area contributed by atoms with Crippen LogP contribution in [0.2, 0.25) is 0 Å². The number of ether oxygens (including phenoxy) is 1. The standard InChI is InChI=1S/C13H17BrO/c1-10(2)7-11-3-5-12(6-4-11)13(14)8-15-9-13/h3-6,10H,7-9H2,1-2H3. The van der Waals surface area contributed by atoms with Gasteiger partial charge >= 0.3 is 0 Å². The molecule has 0 bridgehead atoms. The molecule has 15 heavy (non-hydrogen) atoms. The molecule has 1 aliphatic heterocycles. The third-order valence-electron chi connectivity index (χ3n) is 2.78. The van der Waals surface area contributed by atoms with Crippen LogP contribution >= 0.6 is 15.9 Å². The Labute approximate surface area is 100.0 Å². The van der Waals surface area contributed by atoms with E-state index in [2.05, 4.69) is 54.0 Å². The van der Waals surface area contributed by atoms with Gasteiger partial charge in [-0.2, -0.15) is 0 Å². The number of halogens is 1. The molecule has 0 atom stereocenters. The normalized spacial score (nSPS) is 18.9. The van der Waals surface area contributed by atoms with Crippen molar-refractivity contribution in [3.8, 4) is 0 Å². The second kappa shape index (κ2) is 4.26. The van der Waals surface area contributed by atoms with Gasteiger partial charge in [0.25, 0.3) is 0 Å². The molecule has 1 heterocycles. The van der Waals surface area contributed by atoms with Crippen molar-refractivity contribution in [2.45, 2.75) is 24.6 Å². The lowest BCUT2D eigenvalue weighted by Gasteiger charge is -2.36. The molecule has 0 aromatic heterocycles. The van der Waals surface area contributed by atoms with Crippen LogP contribution in [0.1, 0.15) is 25.0 Å². The van der Waals surface area contributed by atoms with Crippen molar-refractivity contribution in [3.05, 3.63) is 35.4 Å². The quantitative estimate of drug-likeness (QED) is 0.763. The highest BCUT2D eigenvalue weighted by molar-refractivity contribution is 9.09. The van der Waals surface area contributed by atoms with Crippen LogP contribution in [-0.2, 0) is 15.5 Å². The van der Waals surface area contributed by atoms with Crippen molar-refractivity contribution in [1.82, 2.24) is 0 Å². The molecule has 1 aliphatic rings. The Morgan fingerprint density at radius 2 is 1.87 bits per heavy atom. The summed E-state index contributed by atoms with van der Waals surface area (Å²) in [6.07, 6.45) is 1.16. The molecule has 0 saturated carbocycles. The zero-order chi connectivity index (χ0) is 10.9. The van der Waals surface area contributed by atoms with Crippen molar-refractivity contribution >= 4 is 15.9 Å². The van der Waals surface area contributed by atoms with Crippen molar-refractivity contribution < 1.29 is 4.74 Å². The minimum Gasteiger partial charge on any atom is -0.378 e. The molecule has 0 N–H and O–H groups in total. The average Bonchev–Trinajstić information content (AvgIpc) is 2.14. The van der Waals surface area contributed by atoms with E-state index >= 15 is 0 Å². The number of hydrogen-bond donors (Lipinski definition) is 0. The highest BCUT2D eigenvalue weighted by Gasteiger charge is 2.37. The predicted octanol–water partition coefficient (Wildman–Crippen LogP) is 3.51. The molecule has 0 aliphatic carbocycles. The van der Waals surface area contributed by atoms with Crippen LogP contribution < -0.4 is 0 Å². The van der Waals surface area contributed by atoms with Gasteiger partial charge in [-0.15, -0.1) is 0 Å². The highest BCUT2D eigenvalue weighted by atomic mass is 79.9. The first-order valence-electron chi connectivity index (χ1n) is 5.46. The van der Waals surface area contributed by atoms with E-state index in [1.54, 1.807) is 0 Å². The summed E-state index contributed by atoms with van der Waals surface area (Å²) in [6.45, 7) is 6.08. The predicted molar refractivity (Wildman–Crippen MR) is 66.4 cm³/mol. The zero-order valence-corrected chi connectivity index (χ0v) is 10.9. The topological polar surface area (TPSA) is 9.23 Å². The second-order valence-corrected chi connectivity index (χ2v) is 6.27. The van der Waals surface area contributed by atoms with Crippen LogP contribution in [0.25, 0.3) is 0 Å². The zero-order valence-electron chi connectivity index (χ0n) is 9.29. The molecule has 1 aromatic carbocycles. The summed E-state index contributed by atoms with van der Waals surface area (Å²) in [6, 6.07) is 8.90. The lowest BCUT2D eigenvalue weighted by atomic mass is 9.94. The van der Waals surface area contributed by atoms with Crippen LogP contribution in [0.3, 0.4) is 0 Å². The van der Waals surface area contributed by atoms with Gasteiger partial charge in [0.1, 0.15) is 0 Å². The Morgan fingerprint density at radius 1 is 1.27 bits per heavy atom. The second-order valence-electron chi connectivity index (χ2n) is 4.75. The Bertz CT molecular complexity index is 325. The van der Waals surface area contributed by atoms with E-state index < -0.39 is 0 Å². The Kier molecular flexibility index (Phi) is 3.17. The van der Waals surface area contributed by atoms with E-state index in [4.69, 9.17) is 4.74 Å². The summed E-state index contributed by atoms with van der Waals surface area (Å²) in [5.41, 5.74) is 2.76. The Hall–Kier alpha value is -0.340. The van der Waals surface area contributed by atoms with Crippen molar-refractivity contribution in [2.75, 3.05) is 13.2 Å². The molecule has 1 saturated heterocycles. The van der Waals surface area contributed by atoms with E-state index in [1.165, 1.54) is 11.1 Å². The van der Waals surface area contributed by atoms with Crippen LogP contribution in [0.4, 0.5) is 0 Å². The molecule has 0 unspecified atom stereocenters. The van der Waals surface area contributed by atoms with E-state index in [0.29, 0.717) is 0 Å². The summed E-state index contributed by atoms with van der Waals surface area (Å²) in [5, 5.41) is 0. The smallest absolute Gasteiger partial charge is 0.0971 e. The molecular weight excluding hydrogens is 252 g/mol. The first-order chi connectivity index (χ1) is 7.10. The molecule has 0 amide bonds. The fourth-order valence-electron chi connectivity index (χ4n) is 1.86. The summed E-state index contributed by atoms with van der Waals surface area (Å²) in [4.78, 5) is 0. The molecule has 82 valence electrons. The van der Waals surface area contributed by atoms with Crippen LogP contribution in [-0.4, -0.2) is 13.2 Å². The third-order valence-corrected chi connectivity index (χ3v) is 3.69. The SMILES string of the molecule is CC(C)Cc1ccc(C2(Br)COC2)cc1. The van der Waals surface area contributed by atoms with E-state index in [1.807, 2.05) is 0 Å². The van der Waals surface area contributed by atoms with Crippen molar-refractivity contribution in [3.63, 3.8) is 0 Å². The minimum atomic E-state index is 0.0867. The molecule has 2 rings (SSSR count). The van der Waals surface area contributed by atoms with E-state index in [-0.39, 0.29) is 4.32 Å². The molecule has 0 spiro atoms. The van der Waals surface area contributed by atoms with E-state index in [0.717, 1.165) is 25.6 Å². The summed E-state index contributed by atoms with van der Waals surface area (Å²) < 4.78 is 5.33. The maximum Gasteiger partial charge on any atom is 0.0971 e. The first-order valence-corrected chi connectivity index (χ1v) is 6.25. The largest absolute Gasteiger partial charge is 0.378 e. The fourth-order valence-corrected chi connectivity index (χ4v) is 2.45. The molecule has 1 aromatic rings. The lowest BCUT2D eigenvalue weighted by Crippen LogP contribution is -2.40. The van der Waals surface area contributed by atoms with Gasteiger partial charge in [-0.05, 0) is 23.5 Å². The van der Waals surface area contributed by atoms with Gasteiger partial charge in [0.15, 0.2) is 0 Å². The van der Waals surface area contributed by atoms with Crippen LogP contribution in [0, 0.1) is 5.92 Å². The minimum absolute atomic E-state index is 0.0867. The van der Waals surface area contributed by atoms with E-state index in [9.17, 15) is 0 Å².